The quantitative estimate of drug-likeness (QED) is 0.793. The van der Waals surface area contributed by atoms with Crippen LogP contribution < -0.4 is 9.46 Å². The van der Waals surface area contributed by atoms with E-state index in [0.717, 1.165) is 37.8 Å². The molecule has 2 heterocycles. The molecule has 0 spiro atoms. The normalized spacial score (nSPS) is 19.2. The molecule has 2 aliphatic rings. The first-order chi connectivity index (χ1) is 14.3. The third-order valence-corrected chi connectivity index (χ3v) is 6.62. The Balaban J connectivity index is 1.58. The molecule has 0 aliphatic carbocycles. The van der Waals surface area contributed by atoms with Crippen molar-refractivity contribution in [2.24, 2.45) is 0 Å². The molecule has 2 aromatic rings. The molecule has 0 aromatic heterocycles. The Kier molecular flexibility index (Phi) is 5.64. The van der Waals surface area contributed by atoms with Crippen LogP contribution in [-0.4, -0.2) is 38.4 Å². The number of carbonyl (C=O) groups excluding carboxylic acids is 1. The van der Waals surface area contributed by atoms with Crippen LogP contribution in [0, 0.1) is 11.6 Å². The van der Waals surface area contributed by atoms with Crippen LogP contribution in [0.2, 0.25) is 0 Å². The first-order valence-corrected chi connectivity index (χ1v) is 11.5. The number of anilines is 1. The highest BCUT2D eigenvalue weighted by atomic mass is 32.2. The van der Waals surface area contributed by atoms with Crippen molar-refractivity contribution in [2.75, 3.05) is 17.9 Å². The maximum absolute atomic E-state index is 13.4. The van der Waals surface area contributed by atoms with Gasteiger partial charge in [-0.05, 0) is 55.2 Å². The summed E-state index contributed by atoms with van der Waals surface area (Å²) in [4.78, 5) is 14.9. The van der Waals surface area contributed by atoms with E-state index in [9.17, 15) is 22.0 Å². The highest BCUT2D eigenvalue weighted by Crippen LogP contribution is 2.31. The van der Waals surface area contributed by atoms with Gasteiger partial charge in [-0.2, -0.15) is 0 Å². The zero-order chi connectivity index (χ0) is 21.3. The topological polar surface area (TPSA) is 75.7 Å². The first-order valence-electron chi connectivity index (χ1n) is 9.84. The van der Waals surface area contributed by atoms with Crippen LogP contribution in [-0.2, 0) is 15.8 Å². The van der Waals surface area contributed by atoms with E-state index in [2.05, 4.69) is 4.72 Å². The molecule has 6 nitrogen and oxygen atoms in total. The van der Waals surface area contributed by atoms with Gasteiger partial charge in [0.05, 0.1) is 17.9 Å². The minimum atomic E-state index is -3.95. The van der Waals surface area contributed by atoms with Gasteiger partial charge >= 0.3 is 0 Å². The molecule has 0 radical (unpaired) electrons. The van der Waals surface area contributed by atoms with Crippen molar-refractivity contribution in [3.8, 4) is 5.75 Å². The van der Waals surface area contributed by atoms with Crippen molar-refractivity contribution >= 4 is 21.6 Å². The van der Waals surface area contributed by atoms with Crippen LogP contribution in [0.4, 0.5) is 14.5 Å². The Bertz CT molecular complexity index is 1050. The maximum Gasteiger partial charge on any atom is 0.257 e. The summed E-state index contributed by atoms with van der Waals surface area (Å²) in [5.74, 6) is -2.06. The Hall–Kier alpha value is -2.68. The molecule has 0 saturated carbocycles. The molecule has 0 bridgehead atoms. The molecule has 1 saturated heterocycles. The Labute approximate surface area is 173 Å². The molecule has 2 aliphatic heterocycles. The molecule has 160 valence electrons. The van der Waals surface area contributed by atoms with Gasteiger partial charge < -0.3 is 9.64 Å². The molecule has 30 heavy (non-hydrogen) atoms. The molecular weight excluding hydrogens is 414 g/mol. The van der Waals surface area contributed by atoms with Gasteiger partial charge in [-0.15, -0.1) is 0 Å². The number of carbonyl (C=O) groups is 1. The first kappa shape index (κ1) is 20.6. The van der Waals surface area contributed by atoms with Crippen LogP contribution in [0.15, 0.2) is 36.4 Å². The number of rotatable bonds is 4. The lowest BCUT2D eigenvalue weighted by Crippen LogP contribution is -2.45. The molecule has 1 atom stereocenters. The van der Waals surface area contributed by atoms with Gasteiger partial charge in [0.15, 0.2) is 0 Å². The van der Waals surface area contributed by atoms with Crippen LogP contribution in [0.3, 0.4) is 0 Å². The van der Waals surface area contributed by atoms with Gasteiger partial charge in [-0.25, -0.2) is 17.2 Å². The molecule has 9 heteroatoms. The van der Waals surface area contributed by atoms with Crippen molar-refractivity contribution < 1.29 is 26.7 Å². The van der Waals surface area contributed by atoms with Gasteiger partial charge in [0.25, 0.3) is 5.91 Å². The number of hydrogen-bond donors (Lipinski definition) is 1. The number of benzene rings is 2. The second-order valence-corrected chi connectivity index (χ2v) is 9.36. The van der Waals surface area contributed by atoms with Gasteiger partial charge in [0, 0.05) is 30.8 Å². The van der Waals surface area contributed by atoms with Crippen LogP contribution in [0.25, 0.3) is 0 Å². The zero-order valence-corrected chi connectivity index (χ0v) is 17.1. The minimum Gasteiger partial charge on any atom is -0.493 e. The average Bonchev–Trinajstić information content (AvgIpc) is 2.66. The molecule has 2 aromatic carbocycles. The van der Waals surface area contributed by atoms with Crippen LogP contribution in [0.5, 0.6) is 5.75 Å². The Morgan fingerprint density at radius 1 is 1.07 bits per heavy atom. The van der Waals surface area contributed by atoms with E-state index < -0.39 is 27.4 Å². The number of nitrogens with one attached hydrogen (secondary N) is 1. The van der Waals surface area contributed by atoms with Crippen molar-refractivity contribution in [2.45, 2.75) is 37.5 Å². The van der Waals surface area contributed by atoms with Crippen molar-refractivity contribution in [3.63, 3.8) is 0 Å². The summed E-state index contributed by atoms with van der Waals surface area (Å²) < 4.78 is 59.9. The van der Waals surface area contributed by atoms with E-state index in [1.165, 1.54) is 12.1 Å². The predicted molar refractivity (Wildman–Crippen MR) is 108 cm³/mol. The van der Waals surface area contributed by atoms with Gasteiger partial charge in [-0.3, -0.25) is 9.52 Å². The number of ether oxygens (including phenoxy) is 1. The van der Waals surface area contributed by atoms with E-state index in [1.807, 2.05) is 4.90 Å². The number of piperidine rings is 1. The lowest BCUT2D eigenvalue weighted by Gasteiger charge is -2.37. The van der Waals surface area contributed by atoms with Crippen molar-refractivity contribution in [3.05, 3.63) is 59.2 Å². The maximum atomic E-state index is 13.4. The third-order valence-electron chi connectivity index (χ3n) is 5.36. The summed E-state index contributed by atoms with van der Waals surface area (Å²) >= 11 is 0. The predicted octanol–water partition coefficient (Wildman–Crippen LogP) is 3.68. The molecule has 1 amide bonds. The SMILES string of the molecule is O=C1c2cc(NS(=O)(=O)Cc3cc(F)cc(F)c3)ccc2OCC[C@@H]2CCCCN12. The van der Waals surface area contributed by atoms with E-state index >= 15 is 0 Å². The number of amides is 1. The number of hydrogen-bond acceptors (Lipinski definition) is 4. The molecule has 4 rings (SSSR count). The van der Waals surface area contributed by atoms with E-state index in [4.69, 9.17) is 4.74 Å². The smallest absolute Gasteiger partial charge is 0.257 e. The lowest BCUT2D eigenvalue weighted by molar-refractivity contribution is 0.0548. The highest BCUT2D eigenvalue weighted by Gasteiger charge is 2.31. The van der Waals surface area contributed by atoms with E-state index in [-0.39, 0.29) is 23.2 Å². The second kappa shape index (κ2) is 8.22. The number of nitrogens with zero attached hydrogens (tertiary/aromatic N) is 1. The highest BCUT2D eigenvalue weighted by molar-refractivity contribution is 7.91. The second-order valence-electron chi connectivity index (χ2n) is 7.64. The standard InChI is InChI=1S/C21H22F2N2O4S/c22-15-9-14(10-16(23)11-15)13-30(27,28)24-17-4-5-20-19(12-17)21(26)25-7-2-1-3-18(25)6-8-29-20/h4-5,9-12,18,24H,1-3,6-8,13H2/t18-/m0/s1. The monoisotopic (exact) mass is 436 g/mol. The number of sulfonamides is 1. The molecule has 0 unspecified atom stereocenters. The fourth-order valence-electron chi connectivity index (χ4n) is 4.04. The molecule has 1 N–H and O–H groups in total. The number of fused-ring (bicyclic) bond motifs is 2. The summed E-state index contributed by atoms with van der Waals surface area (Å²) in [6.45, 7) is 1.15. The Morgan fingerprint density at radius 3 is 2.60 bits per heavy atom. The van der Waals surface area contributed by atoms with Crippen molar-refractivity contribution in [1.82, 2.24) is 4.90 Å². The van der Waals surface area contributed by atoms with Crippen molar-refractivity contribution in [1.29, 1.82) is 0 Å². The van der Waals surface area contributed by atoms with E-state index in [0.29, 0.717) is 30.5 Å². The number of halogens is 2. The summed E-state index contributed by atoms with van der Waals surface area (Å²) in [5.41, 5.74) is 0.483. The molecular formula is C21H22F2N2O4S. The van der Waals surface area contributed by atoms with Gasteiger partial charge in [-0.1, -0.05) is 0 Å². The largest absolute Gasteiger partial charge is 0.493 e. The summed E-state index contributed by atoms with van der Waals surface area (Å²) in [6, 6.07) is 7.27. The van der Waals surface area contributed by atoms with E-state index in [1.54, 1.807) is 6.07 Å². The lowest BCUT2D eigenvalue weighted by atomic mass is 9.97. The summed E-state index contributed by atoms with van der Waals surface area (Å²) in [7, 11) is -3.95. The average molecular weight is 436 g/mol. The molecule has 1 fully saturated rings. The van der Waals surface area contributed by atoms with Crippen LogP contribution >= 0.6 is 0 Å². The summed E-state index contributed by atoms with van der Waals surface area (Å²) in [5, 5.41) is 0. The zero-order valence-electron chi connectivity index (χ0n) is 16.2. The fraction of sp³-hybridized carbons (Fsp3) is 0.381. The third kappa shape index (κ3) is 4.56. The van der Waals surface area contributed by atoms with Crippen LogP contribution in [0.1, 0.15) is 41.6 Å². The Morgan fingerprint density at radius 2 is 1.83 bits per heavy atom. The van der Waals surface area contributed by atoms with Gasteiger partial charge in [0.1, 0.15) is 17.4 Å². The summed E-state index contributed by atoms with van der Waals surface area (Å²) in [6.07, 6.45) is 3.71. The van der Waals surface area contributed by atoms with Gasteiger partial charge in [0.2, 0.25) is 10.0 Å². The fourth-order valence-corrected chi connectivity index (χ4v) is 5.21. The minimum absolute atomic E-state index is 0.0122.